The first-order valence-electron chi connectivity index (χ1n) is 4.19. The maximum Gasteiger partial charge on any atom is 0.162 e. The van der Waals surface area contributed by atoms with Crippen LogP contribution >= 0.6 is 136 Å². The Kier molecular flexibility index (Phi) is 9.50. The maximum absolute atomic E-state index is 5.84. The quantitative estimate of drug-likeness (QED) is 0.193. The van der Waals surface area contributed by atoms with E-state index >= 15 is 0 Å². The van der Waals surface area contributed by atoms with E-state index in [-0.39, 0.29) is 6.65 Å². The molecular formula is C7H13I6N3. The summed E-state index contributed by atoms with van der Waals surface area (Å²) in [5, 5.41) is 0. The van der Waals surface area contributed by atoms with Gasteiger partial charge in [-0.3, -0.25) is 4.90 Å². The predicted molar refractivity (Wildman–Crippen MR) is 123 cm³/mol. The van der Waals surface area contributed by atoms with E-state index in [1.807, 2.05) is 0 Å². The van der Waals surface area contributed by atoms with Crippen molar-refractivity contribution in [2.75, 3.05) is 20.6 Å². The normalized spacial score (nSPS) is 18.0. The molecule has 0 bridgehead atoms. The summed E-state index contributed by atoms with van der Waals surface area (Å²) in [7, 11) is 4.21. The lowest BCUT2D eigenvalue weighted by Crippen LogP contribution is -2.59. The van der Waals surface area contributed by atoms with Crippen molar-refractivity contribution in [3.63, 3.8) is 0 Å². The summed E-state index contributed by atoms with van der Waals surface area (Å²) in [5.74, 6) is 0. The zero-order valence-electron chi connectivity index (χ0n) is 8.95. The Morgan fingerprint density at radius 1 is 1.06 bits per heavy atom. The number of hydrogen-bond acceptors (Lipinski definition) is 3. The van der Waals surface area contributed by atoms with Gasteiger partial charge in [0.15, 0.2) is 1.55 Å². The highest BCUT2D eigenvalue weighted by Gasteiger charge is 2.53. The number of nitrogens with two attached hydrogens (primary N) is 1. The van der Waals surface area contributed by atoms with Gasteiger partial charge in [-0.05, 0) is 111 Å². The van der Waals surface area contributed by atoms with E-state index in [4.69, 9.17) is 5.73 Å². The van der Waals surface area contributed by atoms with Gasteiger partial charge < -0.3 is 5.73 Å². The molecule has 0 aromatic carbocycles. The fourth-order valence-electron chi connectivity index (χ4n) is 0.734. The van der Waals surface area contributed by atoms with Gasteiger partial charge in [0.2, 0.25) is 0 Å². The number of hydrogen-bond donors (Lipinski definition) is 1. The highest BCUT2D eigenvalue weighted by atomic mass is 127. The summed E-state index contributed by atoms with van der Waals surface area (Å²) >= 11 is 14.7. The van der Waals surface area contributed by atoms with Crippen LogP contribution in [0.1, 0.15) is 6.92 Å². The van der Waals surface area contributed by atoms with Gasteiger partial charge in [0.1, 0.15) is 5.10 Å². The molecule has 0 aromatic rings. The molecule has 0 aliphatic carbocycles. The van der Waals surface area contributed by atoms with Crippen molar-refractivity contribution < 1.29 is 0 Å². The van der Waals surface area contributed by atoms with E-state index in [0.717, 1.165) is 0 Å². The zero-order valence-corrected chi connectivity index (χ0v) is 21.9. The molecule has 0 fully saturated rings. The lowest BCUT2D eigenvalue weighted by atomic mass is 10.3. The summed E-state index contributed by atoms with van der Waals surface area (Å²) in [6, 6.07) is 0. The second kappa shape index (κ2) is 7.50. The van der Waals surface area contributed by atoms with Crippen LogP contribution in [-0.2, 0) is 0 Å². The molecule has 0 heterocycles. The second-order valence-corrected chi connectivity index (χ2v) is 17.4. The summed E-state index contributed by atoms with van der Waals surface area (Å²) in [6.07, 6.45) is 0. The summed E-state index contributed by atoms with van der Waals surface area (Å²) < 4.78 is 2.16. The van der Waals surface area contributed by atoms with Crippen LogP contribution in [0.15, 0.2) is 0 Å². The van der Waals surface area contributed by atoms with E-state index in [2.05, 4.69) is 165 Å². The van der Waals surface area contributed by atoms with Gasteiger partial charge in [-0.15, -0.1) is 0 Å². The van der Waals surface area contributed by atoms with Crippen LogP contribution in [0.2, 0.25) is 0 Å². The average molecular weight is 901 g/mol. The highest BCUT2D eigenvalue weighted by molar-refractivity contribution is 14.2. The molecule has 0 rings (SSSR count). The third kappa shape index (κ3) is 4.63. The summed E-state index contributed by atoms with van der Waals surface area (Å²) in [6.45, 7) is 2.85. The molecule has 0 aromatic heterocycles. The zero-order chi connectivity index (χ0) is 13.4. The van der Waals surface area contributed by atoms with E-state index in [1.54, 1.807) is 0 Å². The number of alkyl halides is 5. The minimum atomic E-state index is -0.0824. The first-order valence-corrected chi connectivity index (χ1v) is 10.5. The van der Waals surface area contributed by atoms with Gasteiger partial charge in [-0.25, -0.2) is 0 Å². The van der Waals surface area contributed by atoms with Crippen molar-refractivity contribution in [3.05, 3.63) is 0 Å². The smallest absolute Gasteiger partial charge is 0.162 e. The Bertz CT molecular complexity index is 242. The van der Waals surface area contributed by atoms with Crippen LogP contribution in [0.4, 0.5) is 0 Å². The minimum absolute atomic E-state index is 0.00380. The van der Waals surface area contributed by atoms with Crippen LogP contribution in [0, 0.1) is 0 Å². The predicted octanol–water partition coefficient (Wildman–Crippen LogP) is 4.36. The molecule has 16 heavy (non-hydrogen) atoms. The van der Waals surface area contributed by atoms with Crippen molar-refractivity contribution in [1.29, 1.82) is 0 Å². The Labute approximate surface area is 180 Å². The Morgan fingerprint density at radius 2 is 1.44 bits per heavy atom. The van der Waals surface area contributed by atoms with E-state index in [1.165, 1.54) is 0 Å². The first-order chi connectivity index (χ1) is 6.91. The monoisotopic (exact) mass is 901 g/mol. The van der Waals surface area contributed by atoms with Crippen molar-refractivity contribution in [2.24, 2.45) is 5.73 Å². The molecule has 1 unspecified atom stereocenters. The van der Waals surface area contributed by atoms with E-state index < -0.39 is 0 Å². The Hall–Kier alpha value is 4.26. The van der Waals surface area contributed by atoms with Crippen LogP contribution in [0.3, 0.4) is 0 Å². The average Bonchev–Trinajstić information content (AvgIpc) is 2.15. The number of nitrogens with zero attached hydrogens (tertiary/aromatic N) is 2. The third-order valence-electron chi connectivity index (χ3n) is 2.17. The Balaban J connectivity index is 5.21. The van der Waals surface area contributed by atoms with E-state index in [0.29, 0.717) is 6.54 Å². The fourth-order valence-corrected chi connectivity index (χ4v) is 6.46. The van der Waals surface area contributed by atoms with Crippen LogP contribution in [-0.4, -0.2) is 35.3 Å². The summed E-state index contributed by atoms with van der Waals surface area (Å²) in [5.41, 5.74) is 5.84. The molecule has 0 aliphatic rings. The fraction of sp³-hybridized carbons (Fsp3) is 1.00. The molecule has 0 saturated carbocycles. The van der Waals surface area contributed by atoms with Crippen molar-refractivity contribution in [1.82, 2.24) is 8.01 Å². The molecule has 9 heteroatoms. The maximum atomic E-state index is 5.84. The first kappa shape index (κ1) is 20.3. The van der Waals surface area contributed by atoms with Crippen molar-refractivity contribution in [3.8, 4) is 0 Å². The van der Waals surface area contributed by atoms with Gasteiger partial charge in [0.25, 0.3) is 0 Å². The lowest BCUT2D eigenvalue weighted by Gasteiger charge is -2.48. The van der Waals surface area contributed by atoms with Gasteiger partial charge in [0, 0.05) is 29.4 Å². The molecule has 0 spiro atoms. The molecule has 0 radical (unpaired) electrons. The largest absolute Gasteiger partial charge is 0.327 e. The van der Waals surface area contributed by atoms with Crippen LogP contribution in [0.25, 0.3) is 0 Å². The molecular weight excluding hydrogens is 888 g/mol. The van der Waals surface area contributed by atoms with Gasteiger partial charge in [0.05, 0.1) is 0 Å². The summed E-state index contributed by atoms with van der Waals surface area (Å²) in [4.78, 5) is 2.23. The van der Waals surface area contributed by atoms with Crippen LogP contribution in [0.5, 0.6) is 0 Å². The van der Waals surface area contributed by atoms with Gasteiger partial charge >= 0.3 is 0 Å². The molecule has 2 N–H and O–H groups in total. The topological polar surface area (TPSA) is 32.5 Å². The van der Waals surface area contributed by atoms with Crippen LogP contribution < -0.4 is 5.73 Å². The number of likely N-dealkylation sites (N-methyl/N-ethyl adjacent to an activating group) is 1. The van der Waals surface area contributed by atoms with Gasteiger partial charge in [-0.1, -0.05) is 22.6 Å². The SMILES string of the molecule is CN(C)C(C)(I)C(I)(I)N(I)C(I)(I)CN. The third-order valence-corrected chi connectivity index (χ3v) is 16.1. The van der Waals surface area contributed by atoms with Crippen molar-refractivity contribution in [2.45, 2.75) is 13.6 Å². The highest BCUT2D eigenvalue weighted by Crippen LogP contribution is 2.55. The standard InChI is InChI=1S/C7H13I6N3/c1-5(8,15(2)3)7(11,12)16(13)6(9,10)4-14/h4,14H2,1-3H3. The molecule has 0 aliphatic heterocycles. The molecule has 0 amide bonds. The second-order valence-electron chi connectivity index (χ2n) is 3.54. The molecule has 1 atom stereocenters. The van der Waals surface area contributed by atoms with Crippen molar-refractivity contribution >= 4 is 136 Å². The lowest BCUT2D eigenvalue weighted by molar-refractivity contribution is 0.237. The molecule has 0 saturated heterocycles. The molecule has 3 nitrogen and oxygen atoms in total. The number of rotatable bonds is 5. The minimum Gasteiger partial charge on any atom is -0.327 e. The Morgan fingerprint density at radius 3 is 1.69 bits per heavy atom. The molecule has 98 valence electrons. The van der Waals surface area contributed by atoms with E-state index in [9.17, 15) is 0 Å². The van der Waals surface area contributed by atoms with Gasteiger partial charge in [-0.2, -0.15) is 3.11 Å². The number of halogens is 6.